The van der Waals surface area contributed by atoms with Crippen molar-refractivity contribution in [1.82, 2.24) is 10.3 Å². The number of thioether (sulfide) groups is 1. The molecule has 1 heterocycles. The monoisotopic (exact) mass is 408 g/mol. The summed E-state index contributed by atoms with van der Waals surface area (Å²) in [5.41, 5.74) is 2.73. The summed E-state index contributed by atoms with van der Waals surface area (Å²) in [4.78, 5) is 16.7. The van der Waals surface area contributed by atoms with E-state index in [2.05, 4.69) is 5.32 Å². The SMILES string of the molecule is CCOc1ccc(-c2nc(CSCC(=O)NC3CC3)c(-c3ccccc3)o2)cc1. The van der Waals surface area contributed by atoms with Gasteiger partial charge in [0.15, 0.2) is 5.76 Å². The zero-order valence-corrected chi connectivity index (χ0v) is 17.2. The summed E-state index contributed by atoms with van der Waals surface area (Å²) in [6, 6.07) is 18.1. The zero-order valence-electron chi connectivity index (χ0n) is 16.4. The fourth-order valence-corrected chi connectivity index (χ4v) is 3.75. The molecule has 0 radical (unpaired) electrons. The minimum absolute atomic E-state index is 0.0917. The van der Waals surface area contributed by atoms with Crippen LogP contribution in [0.1, 0.15) is 25.5 Å². The molecule has 0 atom stereocenters. The first kappa shape index (κ1) is 19.6. The number of carbonyl (C=O) groups is 1. The highest BCUT2D eigenvalue weighted by Gasteiger charge is 2.23. The Hall–Kier alpha value is -2.73. The molecule has 1 aromatic heterocycles. The fourth-order valence-electron chi connectivity index (χ4n) is 2.99. The molecule has 2 aromatic carbocycles. The van der Waals surface area contributed by atoms with Crippen LogP contribution in [0.4, 0.5) is 0 Å². The molecule has 1 N–H and O–H groups in total. The molecule has 0 aliphatic heterocycles. The minimum Gasteiger partial charge on any atom is -0.494 e. The van der Waals surface area contributed by atoms with Gasteiger partial charge in [-0.15, -0.1) is 11.8 Å². The van der Waals surface area contributed by atoms with Crippen LogP contribution in [0.15, 0.2) is 59.0 Å². The molecule has 0 spiro atoms. The zero-order chi connectivity index (χ0) is 20.1. The van der Waals surface area contributed by atoms with Crippen molar-refractivity contribution in [2.24, 2.45) is 0 Å². The predicted octanol–water partition coefficient (Wildman–Crippen LogP) is 4.92. The predicted molar refractivity (Wildman–Crippen MR) is 116 cm³/mol. The van der Waals surface area contributed by atoms with E-state index in [1.807, 2.05) is 61.5 Å². The van der Waals surface area contributed by atoms with Gasteiger partial charge >= 0.3 is 0 Å². The smallest absolute Gasteiger partial charge is 0.230 e. The van der Waals surface area contributed by atoms with Crippen molar-refractivity contribution < 1.29 is 13.9 Å². The molecule has 150 valence electrons. The maximum absolute atomic E-state index is 12.0. The second kappa shape index (κ2) is 9.18. The van der Waals surface area contributed by atoms with Crippen LogP contribution in [-0.2, 0) is 10.5 Å². The first-order valence-corrected chi connectivity index (χ1v) is 11.0. The van der Waals surface area contributed by atoms with Gasteiger partial charge in [0.25, 0.3) is 0 Å². The molecule has 5 nitrogen and oxygen atoms in total. The first-order valence-electron chi connectivity index (χ1n) is 9.88. The maximum atomic E-state index is 12.0. The molecule has 1 aliphatic rings. The summed E-state index contributed by atoms with van der Waals surface area (Å²) in [5.74, 6) is 3.28. The molecule has 1 saturated carbocycles. The number of benzene rings is 2. The molecule has 3 aromatic rings. The summed E-state index contributed by atoms with van der Waals surface area (Å²) in [5, 5.41) is 3.02. The van der Waals surface area contributed by atoms with Crippen LogP contribution < -0.4 is 10.1 Å². The average Bonchev–Trinajstić information content (AvgIpc) is 3.45. The molecule has 4 rings (SSSR count). The van der Waals surface area contributed by atoms with Gasteiger partial charge in [0, 0.05) is 22.9 Å². The lowest BCUT2D eigenvalue weighted by Gasteiger charge is -2.03. The molecular formula is C23H24N2O3S. The number of rotatable bonds is 9. The van der Waals surface area contributed by atoms with Crippen LogP contribution in [0, 0.1) is 0 Å². The van der Waals surface area contributed by atoms with Crippen LogP contribution in [-0.4, -0.2) is 29.3 Å². The number of nitrogens with one attached hydrogen (secondary N) is 1. The highest BCUT2D eigenvalue weighted by molar-refractivity contribution is 7.99. The van der Waals surface area contributed by atoms with E-state index in [-0.39, 0.29) is 5.91 Å². The number of hydrogen-bond donors (Lipinski definition) is 1. The second-order valence-electron chi connectivity index (χ2n) is 6.95. The van der Waals surface area contributed by atoms with Crippen molar-refractivity contribution in [1.29, 1.82) is 0 Å². The Morgan fingerprint density at radius 2 is 1.90 bits per heavy atom. The molecule has 1 aliphatic carbocycles. The van der Waals surface area contributed by atoms with E-state index < -0.39 is 0 Å². The van der Waals surface area contributed by atoms with E-state index in [1.165, 1.54) is 0 Å². The fraction of sp³-hybridized carbons (Fsp3) is 0.304. The van der Waals surface area contributed by atoms with Crippen molar-refractivity contribution in [3.63, 3.8) is 0 Å². The van der Waals surface area contributed by atoms with Crippen LogP contribution >= 0.6 is 11.8 Å². The Morgan fingerprint density at radius 3 is 2.59 bits per heavy atom. The van der Waals surface area contributed by atoms with Gasteiger partial charge in [0.2, 0.25) is 11.8 Å². The third-order valence-electron chi connectivity index (χ3n) is 4.56. The van der Waals surface area contributed by atoms with E-state index in [1.54, 1.807) is 11.8 Å². The number of ether oxygens (including phenoxy) is 1. The average molecular weight is 409 g/mol. The van der Waals surface area contributed by atoms with Crippen LogP contribution in [0.5, 0.6) is 5.75 Å². The molecule has 1 amide bonds. The molecule has 0 bridgehead atoms. The summed E-state index contributed by atoms with van der Waals surface area (Å²) in [6.07, 6.45) is 2.20. The van der Waals surface area contributed by atoms with Gasteiger partial charge < -0.3 is 14.5 Å². The van der Waals surface area contributed by atoms with E-state index >= 15 is 0 Å². The lowest BCUT2D eigenvalue weighted by molar-refractivity contribution is -0.118. The van der Waals surface area contributed by atoms with E-state index in [4.69, 9.17) is 14.1 Å². The van der Waals surface area contributed by atoms with E-state index in [9.17, 15) is 4.79 Å². The van der Waals surface area contributed by atoms with Gasteiger partial charge in [0.1, 0.15) is 5.75 Å². The lowest BCUT2D eigenvalue weighted by atomic mass is 10.1. The number of aromatic nitrogens is 1. The van der Waals surface area contributed by atoms with Crippen molar-refractivity contribution in [2.45, 2.75) is 31.6 Å². The quantitative estimate of drug-likeness (QED) is 0.544. The van der Waals surface area contributed by atoms with Gasteiger partial charge in [-0.1, -0.05) is 30.3 Å². The third kappa shape index (κ3) is 5.21. The Bertz CT molecular complexity index is 950. The highest BCUT2D eigenvalue weighted by atomic mass is 32.2. The number of carbonyl (C=O) groups excluding carboxylic acids is 1. The number of oxazole rings is 1. The van der Waals surface area contributed by atoms with Crippen molar-refractivity contribution >= 4 is 17.7 Å². The van der Waals surface area contributed by atoms with Crippen molar-refractivity contribution in [3.05, 3.63) is 60.3 Å². The van der Waals surface area contributed by atoms with Gasteiger partial charge in [0.05, 0.1) is 18.1 Å². The molecule has 0 saturated heterocycles. The van der Waals surface area contributed by atoms with Crippen LogP contribution in [0.3, 0.4) is 0 Å². The lowest BCUT2D eigenvalue weighted by Crippen LogP contribution is -2.27. The van der Waals surface area contributed by atoms with Crippen molar-refractivity contribution in [3.8, 4) is 28.5 Å². The molecule has 1 fully saturated rings. The first-order chi connectivity index (χ1) is 14.2. The van der Waals surface area contributed by atoms with Crippen molar-refractivity contribution in [2.75, 3.05) is 12.4 Å². The summed E-state index contributed by atoms with van der Waals surface area (Å²) < 4.78 is 11.7. The summed E-state index contributed by atoms with van der Waals surface area (Å²) >= 11 is 1.56. The van der Waals surface area contributed by atoms with E-state index in [0.717, 1.165) is 41.2 Å². The standard InChI is InChI=1S/C23H24N2O3S/c1-2-27-19-12-8-17(9-13-19)23-25-20(14-29-15-21(26)24-18-10-11-18)22(28-23)16-6-4-3-5-7-16/h3-9,12-13,18H,2,10-11,14-15H2,1H3,(H,24,26). The number of nitrogens with zero attached hydrogens (tertiary/aromatic N) is 1. The normalized spacial score (nSPS) is 13.3. The number of hydrogen-bond acceptors (Lipinski definition) is 5. The number of amides is 1. The minimum atomic E-state index is 0.0917. The second-order valence-corrected chi connectivity index (χ2v) is 7.94. The molecule has 29 heavy (non-hydrogen) atoms. The van der Waals surface area contributed by atoms with Crippen LogP contribution in [0.2, 0.25) is 0 Å². The third-order valence-corrected chi connectivity index (χ3v) is 5.50. The highest BCUT2D eigenvalue weighted by Crippen LogP contribution is 2.32. The largest absolute Gasteiger partial charge is 0.494 e. The Morgan fingerprint density at radius 1 is 1.14 bits per heavy atom. The van der Waals surface area contributed by atoms with Gasteiger partial charge in [-0.3, -0.25) is 4.79 Å². The Labute approximate surface area is 174 Å². The molecule has 0 unspecified atom stereocenters. The maximum Gasteiger partial charge on any atom is 0.230 e. The summed E-state index contributed by atoms with van der Waals surface area (Å²) in [6.45, 7) is 2.59. The Kier molecular flexibility index (Phi) is 6.20. The summed E-state index contributed by atoms with van der Waals surface area (Å²) in [7, 11) is 0. The van der Waals surface area contributed by atoms with Gasteiger partial charge in [-0.05, 0) is 44.0 Å². The van der Waals surface area contributed by atoms with Gasteiger partial charge in [-0.2, -0.15) is 0 Å². The molecular weight excluding hydrogens is 384 g/mol. The van der Waals surface area contributed by atoms with Crippen LogP contribution in [0.25, 0.3) is 22.8 Å². The topological polar surface area (TPSA) is 64.4 Å². The van der Waals surface area contributed by atoms with E-state index in [0.29, 0.717) is 30.0 Å². The molecule has 6 heteroatoms. The van der Waals surface area contributed by atoms with Gasteiger partial charge in [-0.25, -0.2) is 4.98 Å². The Balaban J connectivity index is 1.52.